The minimum Gasteiger partial charge on any atom is -0.291 e. The number of nitrogens with zero attached hydrogens (tertiary/aromatic N) is 4. The van der Waals surface area contributed by atoms with Gasteiger partial charge in [-0.15, -0.1) is 0 Å². The van der Waals surface area contributed by atoms with Crippen molar-refractivity contribution >= 4 is 22.6 Å². The molecule has 0 unspecified atom stereocenters. The first-order chi connectivity index (χ1) is 8.61. The smallest absolute Gasteiger partial charge is 0.123 e. The summed E-state index contributed by atoms with van der Waals surface area (Å²) in [5, 5.41) is 13.3. The summed E-state index contributed by atoms with van der Waals surface area (Å²) in [5.41, 5.74) is 1.37. The van der Waals surface area contributed by atoms with Crippen LogP contribution in [-0.4, -0.2) is 34.3 Å². The largest absolute Gasteiger partial charge is 0.291 e. The predicted octanol–water partition coefficient (Wildman–Crippen LogP) is 2.77. The van der Waals surface area contributed by atoms with E-state index in [1.54, 1.807) is 0 Å². The Hall–Kier alpha value is -0.610. The van der Waals surface area contributed by atoms with Gasteiger partial charge in [-0.2, -0.15) is 10.4 Å². The number of likely N-dealkylation sites (tertiary alicyclic amines) is 1. The standard InChI is InChI=1S/C13H19IN4/c1-10(2)18-12(9-13(14)16-18)11-3-6-17(7-4-11)8-5-15/h9-11H,3-4,6-8H2,1-2H3. The van der Waals surface area contributed by atoms with Crippen LogP contribution in [0.2, 0.25) is 0 Å². The van der Waals surface area contributed by atoms with Gasteiger partial charge in [0, 0.05) is 17.7 Å². The third kappa shape index (κ3) is 3.04. The van der Waals surface area contributed by atoms with Gasteiger partial charge in [0.05, 0.1) is 12.6 Å². The molecule has 5 heteroatoms. The molecular weight excluding hydrogens is 339 g/mol. The highest BCUT2D eigenvalue weighted by Crippen LogP contribution is 2.30. The predicted molar refractivity (Wildman–Crippen MR) is 79.4 cm³/mol. The average Bonchev–Trinajstić information content (AvgIpc) is 2.73. The summed E-state index contributed by atoms with van der Waals surface area (Å²) in [6.07, 6.45) is 2.27. The lowest BCUT2D eigenvalue weighted by atomic mass is 9.93. The summed E-state index contributed by atoms with van der Waals surface area (Å²) in [4.78, 5) is 2.23. The van der Waals surface area contributed by atoms with Crippen molar-refractivity contribution in [2.45, 2.75) is 38.6 Å². The molecule has 2 heterocycles. The Kier molecular flexibility index (Phi) is 4.62. The number of rotatable bonds is 3. The molecule has 0 amide bonds. The van der Waals surface area contributed by atoms with Gasteiger partial charge >= 0.3 is 0 Å². The quantitative estimate of drug-likeness (QED) is 0.617. The molecule has 1 aliphatic rings. The van der Waals surface area contributed by atoms with Gasteiger partial charge in [-0.05, 0) is 68.4 Å². The summed E-state index contributed by atoms with van der Waals surface area (Å²) in [5.74, 6) is 0.596. The van der Waals surface area contributed by atoms with Crippen LogP contribution in [-0.2, 0) is 0 Å². The van der Waals surface area contributed by atoms with Gasteiger partial charge in [0.1, 0.15) is 3.70 Å². The number of piperidine rings is 1. The molecule has 0 spiro atoms. The van der Waals surface area contributed by atoms with E-state index in [4.69, 9.17) is 5.26 Å². The molecule has 98 valence electrons. The first kappa shape index (κ1) is 13.8. The van der Waals surface area contributed by atoms with E-state index in [1.807, 2.05) is 0 Å². The highest BCUT2D eigenvalue weighted by Gasteiger charge is 2.24. The normalized spacial score (nSPS) is 18.2. The summed E-state index contributed by atoms with van der Waals surface area (Å²) < 4.78 is 3.24. The third-order valence-corrected chi connectivity index (χ3v) is 4.05. The van der Waals surface area contributed by atoms with Crippen molar-refractivity contribution in [1.29, 1.82) is 5.26 Å². The molecular formula is C13H19IN4. The minimum atomic E-state index is 0.417. The van der Waals surface area contributed by atoms with Gasteiger partial charge in [0.15, 0.2) is 0 Å². The van der Waals surface area contributed by atoms with Gasteiger partial charge in [-0.3, -0.25) is 9.58 Å². The average molecular weight is 358 g/mol. The Bertz CT molecular complexity index is 438. The van der Waals surface area contributed by atoms with Crippen LogP contribution in [0.25, 0.3) is 0 Å². The van der Waals surface area contributed by atoms with E-state index < -0.39 is 0 Å². The molecule has 1 saturated heterocycles. The van der Waals surface area contributed by atoms with Crippen LogP contribution in [0.1, 0.15) is 44.3 Å². The Morgan fingerprint density at radius 3 is 2.72 bits per heavy atom. The zero-order chi connectivity index (χ0) is 13.1. The van der Waals surface area contributed by atoms with E-state index in [0.717, 1.165) is 29.6 Å². The maximum atomic E-state index is 8.71. The van der Waals surface area contributed by atoms with E-state index in [-0.39, 0.29) is 0 Å². The van der Waals surface area contributed by atoms with Gasteiger partial charge in [-0.25, -0.2) is 0 Å². The Morgan fingerprint density at radius 2 is 2.17 bits per heavy atom. The Labute approximate surface area is 122 Å². The molecule has 1 aliphatic heterocycles. The lowest BCUT2D eigenvalue weighted by Crippen LogP contribution is -2.33. The first-order valence-corrected chi connectivity index (χ1v) is 7.54. The second-order valence-corrected chi connectivity index (χ2v) is 6.24. The molecule has 1 aromatic rings. The van der Waals surface area contributed by atoms with Gasteiger partial charge in [-0.1, -0.05) is 0 Å². The molecule has 0 saturated carbocycles. The highest BCUT2D eigenvalue weighted by molar-refractivity contribution is 14.1. The molecule has 0 bridgehead atoms. The second kappa shape index (κ2) is 6.02. The maximum absolute atomic E-state index is 8.71. The maximum Gasteiger partial charge on any atom is 0.123 e. The van der Waals surface area contributed by atoms with Crippen LogP contribution < -0.4 is 0 Å². The molecule has 0 aromatic carbocycles. The molecule has 0 radical (unpaired) electrons. The van der Waals surface area contributed by atoms with E-state index in [1.165, 1.54) is 5.69 Å². The number of halogens is 1. The number of hydrogen-bond donors (Lipinski definition) is 0. The van der Waals surface area contributed by atoms with E-state index in [2.05, 4.69) is 63.3 Å². The summed E-state index contributed by atoms with van der Waals surface area (Å²) >= 11 is 2.29. The van der Waals surface area contributed by atoms with E-state index >= 15 is 0 Å². The van der Waals surface area contributed by atoms with Crippen molar-refractivity contribution in [3.05, 3.63) is 15.5 Å². The molecule has 0 N–H and O–H groups in total. The van der Waals surface area contributed by atoms with Crippen molar-refractivity contribution in [3.8, 4) is 6.07 Å². The topological polar surface area (TPSA) is 44.9 Å². The minimum absolute atomic E-state index is 0.417. The molecule has 4 nitrogen and oxygen atoms in total. The second-order valence-electron chi connectivity index (χ2n) is 5.14. The van der Waals surface area contributed by atoms with Crippen LogP contribution in [0.3, 0.4) is 0 Å². The lowest BCUT2D eigenvalue weighted by Gasteiger charge is -2.30. The summed E-state index contributed by atoms with van der Waals surface area (Å²) in [6, 6.07) is 4.86. The Balaban J connectivity index is 2.08. The zero-order valence-electron chi connectivity index (χ0n) is 10.9. The van der Waals surface area contributed by atoms with Crippen molar-refractivity contribution in [2.75, 3.05) is 19.6 Å². The third-order valence-electron chi connectivity index (χ3n) is 3.52. The fourth-order valence-electron chi connectivity index (χ4n) is 2.58. The van der Waals surface area contributed by atoms with Crippen LogP contribution >= 0.6 is 22.6 Å². The fraction of sp³-hybridized carbons (Fsp3) is 0.692. The lowest BCUT2D eigenvalue weighted by molar-refractivity contribution is 0.229. The monoisotopic (exact) mass is 358 g/mol. The Morgan fingerprint density at radius 1 is 1.50 bits per heavy atom. The van der Waals surface area contributed by atoms with Crippen molar-refractivity contribution in [3.63, 3.8) is 0 Å². The van der Waals surface area contributed by atoms with Gasteiger partial charge in [0.2, 0.25) is 0 Å². The van der Waals surface area contributed by atoms with Crippen molar-refractivity contribution < 1.29 is 0 Å². The number of hydrogen-bond acceptors (Lipinski definition) is 3. The van der Waals surface area contributed by atoms with Gasteiger partial charge in [0.25, 0.3) is 0 Å². The molecule has 0 atom stereocenters. The van der Waals surface area contributed by atoms with Crippen molar-refractivity contribution in [1.82, 2.24) is 14.7 Å². The van der Waals surface area contributed by atoms with Crippen LogP contribution in [0, 0.1) is 15.0 Å². The zero-order valence-corrected chi connectivity index (χ0v) is 13.1. The van der Waals surface area contributed by atoms with Crippen LogP contribution in [0.4, 0.5) is 0 Å². The highest BCUT2D eigenvalue weighted by atomic mass is 127. The van der Waals surface area contributed by atoms with Crippen LogP contribution in [0.15, 0.2) is 6.07 Å². The number of aromatic nitrogens is 2. The van der Waals surface area contributed by atoms with E-state index in [9.17, 15) is 0 Å². The summed E-state index contributed by atoms with van der Waals surface area (Å²) in [7, 11) is 0. The van der Waals surface area contributed by atoms with Crippen molar-refractivity contribution in [2.24, 2.45) is 0 Å². The van der Waals surface area contributed by atoms with E-state index in [0.29, 0.717) is 18.5 Å². The number of nitriles is 1. The SMILES string of the molecule is CC(C)n1nc(I)cc1C1CCN(CC#N)CC1. The fourth-order valence-corrected chi connectivity index (χ4v) is 3.13. The molecule has 18 heavy (non-hydrogen) atoms. The molecule has 0 aliphatic carbocycles. The molecule has 1 fully saturated rings. The summed E-state index contributed by atoms with van der Waals surface area (Å²) in [6.45, 7) is 6.97. The first-order valence-electron chi connectivity index (χ1n) is 6.46. The molecule has 2 rings (SSSR count). The van der Waals surface area contributed by atoms with Crippen LogP contribution in [0.5, 0.6) is 0 Å². The molecule has 1 aromatic heterocycles. The van der Waals surface area contributed by atoms with Gasteiger partial charge < -0.3 is 0 Å².